The highest BCUT2D eigenvalue weighted by Gasteiger charge is 2.22. The van der Waals surface area contributed by atoms with Crippen LogP contribution in [0.15, 0.2) is 72.8 Å². The number of hydrogen-bond donors (Lipinski definition) is 0. The van der Waals surface area contributed by atoms with Crippen LogP contribution in [0.3, 0.4) is 0 Å². The van der Waals surface area contributed by atoms with Gasteiger partial charge in [0.25, 0.3) is 0 Å². The molecule has 0 amide bonds. The Labute approximate surface area is 175 Å². The van der Waals surface area contributed by atoms with Crippen LogP contribution in [-0.4, -0.2) is 6.61 Å². The third-order valence-corrected chi connectivity index (χ3v) is 5.36. The Bertz CT molecular complexity index is 913. The fraction of sp³-hybridized carbons (Fsp3) is 0.333. The van der Waals surface area contributed by atoms with Crippen LogP contribution in [0.2, 0.25) is 0 Å². The Kier molecular flexibility index (Phi) is 7.11. The molecule has 0 saturated heterocycles. The second kappa shape index (κ2) is 9.76. The van der Waals surface area contributed by atoms with Crippen LogP contribution in [-0.2, 0) is 29.6 Å². The van der Waals surface area contributed by atoms with E-state index in [-0.39, 0.29) is 5.41 Å². The van der Waals surface area contributed by atoms with Crippen molar-refractivity contribution < 1.29 is 9.47 Å². The molecular weight excluding hydrogens is 356 g/mol. The minimum atomic E-state index is -0.0334. The summed E-state index contributed by atoms with van der Waals surface area (Å²) in [5, 5.41) is 0. The van der Waals surface area contributed by atoms with E-state index in [0.717, 1.165) is 29.9 Å². The van der Waals surface area contributed by atoms with Gasteiger partial charge in [0.1, 0.15) is 11.5 Å². The smallest absolute Gasteiger partial charge is 0.127 e. The lowest BCUT2D eigenvalue weighted by Crippen LogP contribution is -2.24. The van der Waals surface area contributed by atoms with E-state index >= 15 is 0 Å². The molecule has 0 spiro atoms. The SMILES string of the molecule is CCc1ccc(C(C)(C)COCc2cccc(Oc3ccccc3)c2)cc1CC. The Morgan fingerprint density at radius 3 is 2.17 bits per heavy atom. The molecule has 0 bridgehead atoms. The Morgan fingerprint density at radius 2 is 1.45 bits per heavy atom. The summed E-state index contributed by atoms with van der Waals surface area (Å²) >= 11 is 0. The monoisotopic (exact) mass is 388 g/mol. The van der Waals surface area contributed by atoms with Gasteiger partial charge < -0.3 is 9.47 Å². The first-order valence-corrected chi connectivity index (χ1v) is 10.5. The molecule has 152 valence electrons. The summed E-state index contributed by atoms with van der Waals surface area (Å²) in [5.41, 5.74) is 5.32. The lowest BCUT2D eigenvalue weighted by molar-refractivity contribution is 0.0824. The minimum absolute atomic E-state index is 0.0334. The van der Waals surface area contributed by atoms with Crippen molar-refractivity contribution >= 4 is 0 Å². The average Bonchev–Trinajstić information content (AvgIpc) is 2.74. The van der Waals surface area contributed by atoms with Crippen molar-refractivity contribution in [2.24, 2.45) is 0 Å². The lowest BCUT2D eigenvalue weighted by atomic mass is 9.83. The van der Waals surface area contributed by atoms with Crippen molar-refractivity contribution in [3.05, 3.63) is 95.1 Å². The van der Waals surface area contributed by atoms with Crippen LogP contribution >= 0.6 is 0 Å². The molecule has 0 aliphatic rings. The van der Waals surface area contributed by atoms with E-state index in [0.29, 0.717) is 13.2 Å². The number of benzene rings is 3. The number of aryl methyl sites for hydroxylation is 2. The summed E-state index contributed by atoms with van der Waals surface area (Å²) < 4.78 is 12.0. The molecule has 0 aliphatic carbocycles. The first kappa shape index (κ1) is 21.1. The zero-order valence-corrected chi connectivity index (χ0v) is 18.1. The van der Waals surface area contributed by atoms with Gasteiger partial charge >= 0.3 is 0 Å². The molecule has 29 heavy (non-hydrogen) atoms. The van der Waals surface area contributed by atoms with Gasteiger partial charge in [-0.25, -0.2) is 0 Å². The molecular formula is C27H32O2. The standard InChI is InChI=1S/C27H32O2/c1-5-22-15-16-24(18-23(22)6-2)27(3,4)20-28-19-21-11-10-14-26(17-21)29-25-12-8-7-9-13-25/h7-18H,5-6,19-20H2,1-4H3. The van der Waals surface area contributed by atoms with E-state index in [4.69, 9.17) is 9.47 Å². The van der Waals surface area contributed by atoms with Crippen LogP contribution in [0.5, 0.6) is 11.5 Å². The molecule has 0 heterocycles. The molecule has 0 atom stereocenters. The molecule has 0 unspecified atom stereocenters. The second-order valence-corrected chi connectivity index (χ2v) is 8.13. The topological polar surface area (TPSA) is 18.5 Å². The number of rotatable bonds is 9. The van der Waals surface area contributed by atoms with Gasteiger partial charge in [0.15, 0.2) is 0 Å². The van der Waals surface area contributed by atoms with Crippen molar-refractivity contribution in [3.8, 4) is 11.5 Å². The molecule has 0 aliphatic heterocycles. The van der Waals surface area contributed by atoms with Crippen molar-refractivity contribution in [1.82, 2.24) is 0 Å². The Hall–Kier alpha value is -2.58. The van der Waals surface area contributed by atoms with Gasteiger partial charge in [0.05, 0.1) is 13.2 Å². The van der Waals surface area contributed by atoms with E-state index in [1.165, 1.54) is 16.7 Å². The third kappa shape index (κ3) is 5.71. The van der Waals surface area contributed by atoms with Gasteiger partial charge in [0.2, 0.25) is 0 Å². The van der Waals surface area contributed by atoms with Crippen molar-refractivity contribution in [3.63, 3.8) is 0 Å². The molecule has 3 rings (SSSR count). The molecule has 0 radical (unpaired) electrons. The number of hydrogen-bond acceptors (Lipinski definition) is 2. The van der Waals surface area contributed by atoms with Gasteiger partial charge in [-0.1, -0.05) is 76.2 Å². The number of ether oxygens (including phenoxy) is 2. The Morgan fingerprint density at radius 1 is 0.724 bits per heavy atom. The minimum Gasteiger partial charge on any atom is -0.457 e. The van der Waals surface area contributed by atoms with E-state index in [2.05, 4.69) is 52.0 Å². The molecule has 0 aromatic heterocycles. The molecule has 3 aromatic rings. The molecule has 2 nitrogen and oxygen atoms in total. The average molecular weight is 389 g/mol. The van der Waals surface area contributed by atoms with Crippen LogP contribution in [0, 0.1) is 0 Å². The molecule has 0 saturated carbocycles. The summed E-state index contributed by atoms with van der Waals surface area (Å²) in [6.07, 6.45) is 2.16. The summed E-state index contributed by atoms with van der Waals surface area (Å²) in [6.45, 7) is 10.2. The zero-order valence-electron chi connectivity index (χ0n) is 18.1. The molecule has 2 heteroatoms. The fourth-order valence-corrected chi connectivity index (χ4v) is 3.55. The summed E-state index contributed by atoms with van der Waals surface area (Å²) in [5.74, 6) is 1.67. The fourth-order valence-electron chi connectivity index (χ4n) is 3.55. The summed E-state index contributed by atoms with van der Waals surface area (Å²) in [6, 6.07) is 24.9. The van der Waals surface area contributed by atoms with Crippen molar-refractivity contribution in [2.45, 2.75) is 52.6 Å². The highest BCUT2D eigenvalue weighted by atomic mass is 16.5. The van der Waals surface area contributed by atoms with Crippen molar-refractivity contribution in [2.75, 3.05) is 6.61 Å². The predicted octanol–water partition coefficient (Wildman–Crippen LogP) is 7.10. The van der Waals surface area contributed by atoms with Crippen LogP contribution in [0.4, 0.5) is 0 Å². The molecule has 3 aromatic carbocycles. The maximum absolute atomic E-state index is 6.12. The normalized spacial score (nSPS) is 11.4. The largest absolute Gasteiger partial charge is 0.457 e. The molecule has 0 N–H and O–H groups in total. The van der Waals surface area contributed by atoms with E-state index in [1.807, 2.05) is 48.5 Å². The van der Waals surface area contributed by atoms with Gasteiger partial charge in [-0.15, -0.1) is 0 Å². The van der Waals surface area contributed by atoms with E-state index in [9.17, 15) is 0 Å². The van der Waals surface area contributed by atoms with E-state index < -0.39 is 0 Å². The zero-order chi connectivity index (χ0) is 20.7. The van der Waals surface area contributed by atoms with Gasteiger partial charge in [-0.2, -0.15) is 0 Å². The van der Waals surface area contributed by atoms with Gasteiger partial charge in [0, 0.05) is 5.41 Å². The third-order valence-electron chi connectivity index (χ3n) is 5.36. The van der Waals surface area contributed by atoms with Gasteiger partial charge in [-0.05, 0) is 59.4 Å². The van der Waals surface area contributed by atoms with E-state index in [1.54, 1.807) is 0 Å². The number of para-hydroxylation sites is 1. The maximum Gasteiger partial charge on any atom is 0.127 e. The maximum atomic E-state index is 6.12. The first-order valence-electron chi connectivity index (χ1n) is 10.5. The lowest BCUT2D eigenvalue weighted by Gasteiger charge is -2.26. The molecule has 0 fully saturated rings. The van der Waals surface area contributed by atoms with Crippen LogP contribution in [0.25, 0.3) is 0 Å². The van der Waals surface area contributed by atoms with Crippen LogP contribution < -0.4 is 4.74 Å². The summed E-state index contributed by atoms with van der Waals surface area (Å²) in [7, 11) is 0. The highest BCUT2D eigenvalue weighted by molar-refractivity contribution is 5.36. The summed E-state index contributed by atoms with van der Waals surface area (Å²) in [4.78, 5) is 0. The second-order valence-electron chi connectivity index (χ2n) is 8.13. The van der Waals surface area contributed by atoms with Gasteiger partial charge in [-0.3, -0.25) is 0 Å². The van der Waals surface area contributed by atoms with Crippen LogP contribution in [0.1, 0.15) is 49.9 Å². The Balaban J connectivity index is 1.61. The quantitative estimate of drug-likeness (QED) is 0.389. The van der Waals surface area contributed by atoms with Crippen molar-refractivity contribution in [1.29, 1.82) is 0 Å². The highest BCUT2D eigenvalue weighted by Crippen LogP contribution is 2.27. The first-order chi connectivity index (χ1) is 14.0. The predicted molar refractivity (Wildman–Crippen MR) is 121 cm³/mol.